The number of amides is 1. The molecule has 0 bridgehead atoms. The summed E-state index contributed by atoms with van der Waals surface area (Å²) in [6.07, 6.45) is 0. The van der Waals surface area contributed by atoms with Crippen molar-refractivity contribution < 1.29 is 14.3 Å². The molecule has 0 atom stereocenters. The number of carbonyl (C=O) groups is 2. The van der Waals surface area contributed by atoms with E-state index in [0.717, 1.165) is 33.6 Å². The van der Waals surface area contributed by atoms with Gasteiger partial charge in [-0.1, -0.05) is 121 Å². The molecule has 5 aromatic carbocycles. The number of aromatic nitrogens is 1. The highest BCUT2D eigenvalue weighted by Gasteiger charge is 2.22. The zero-order valence-corrected chi connectivity index (χ0v) is 22.2. The molecule has 0 saturated heterocycles. The second kappa shape index (κ2) is 11.6. The third kappa shape index (κ3) is 5.45. The number of pyridine rings is 1. The quantitative estimate of drug-likeness (QED) is 0.154. The first-order valence-electron chi connectivity index (χ1n) is 13.4. The minimum absolute atomic E-state index is 0.222. The van der Waals surface area contributed by atoms with Crippen LogP contribution in [0.4, 0.5) is 0 Å². The predicted molar refractivity (Wildman–Crippen MR) is 162 cm³/mol. The van der Waals surface area contributed by atoms with Gasteiger partial charge in [-0.15, -0.1) is 0 Å². The smallest absolute Gasteiger partial charge is 0.209 e. The summed E-state index contributed by atoms with van der Waals surface area (Å²) in [5, 5.41) is 0. The second-order valence-electron chi connectivity index (χ2n) is 9.57. The molecule has 1 heterocycles. The minimum atomic E-state index is -0.503. The molecular weight excluding hydrogens is 504 g/mol. The molecule has 4 heteroatoms. The molecule has 0 radical (unpaired) electrons. The Morgan fingerprint density at radius 2 is 0.854 bits per heavy atom. The molecule has 0 aliphatic heterocycles. The Hall–Kier alpha value is -5.61. The molecule has 41 heavy (non-hydrogen) atoms. The van der Waals surface area contributed by atoms with E-state index < -0.39 is 5.91 Å². The van der Waals surface area contributed by atoms with Gasteiger partial charge in [0.2, 0.25) is 11.4 Å². The van der Waals surface area contributed by atoms with Gasteiger partial charge in [0.05, 0.1) is 0 Å². The predicted octanol–water partition coefficient (Wildman–Crippen LogP) is 8.18. The summed E-state index contributed by atoms with van der Waals surface area (Å²) >= 11 is 0. The molecule has 0 aliphatic rings. The standard InChI is InChI=1S/C37H26N2O2/c40-36(30-21-11-4-12-22-30)32-23-13-14-24-33(32)37(41)38-39-34(28-17-7-2-8-18-28)25-31(27-15-5-1-6-16-27)26-35(39)29-19-9-3-10-20-29/h1-26H. The Morgan fingerprint density at radius 1 is 0.439 bits per heavy atom. The van der Waals surface area contributed by atoms with Crippen molar-refractivity contribution in [3.63, 3.8) is 0 Å². The number of nitrogens with zero attached hydrogens (tertiary/aromatic N) is 2. The maximum Gasteiger partial charge on any atom is 0.209 e. The molecular formula is C37H26N2O2. The van der Waals surface area contributed by atoms with Gasteiger partial charge in [0.25, 0.3) is 0 Å². The van der Waals surface area contributed by atoms with Gasteiger partial charge in [-0.25, -0.2) is 4.68 Å². The zero-order valence-electron chi connectivity index (χ0n) is 22.2. The number of rotatable bonds is 7. The highest BCUT2D eigenvalue weighted by Crippen LogP contribution is 2.30. The van der Waals surface area contributed by atoms with Crippen molar-refractivity contribution >= 4 is 11.7 Å². The van der Waals surface area contributed by atoms with Crippen LogP contribution >= 0.6 is 0 Å². The van der Waals surface area contributed by atoms with Crippen molar-refractivity contribution in [3.05, 3.63) is 180 Å². The molecule has 0 aliphatic carbocycles. The van der Waals surface area contributed by atoms with E-state index in [9.17, 15) is 9.59 Å². The van der Waals surface area contributed by atoms with Crippen LogP contribution in [0.1, 0.15) is 26.3 Å². The Bertz CT molecular complexity index is 1760. The Labute approximate surface area is 239 Å². The van der Waals surface area contributed by atoms with Crippen LogP contribution in [0.5, 0.6) is 0 Å². The molecule has 196 valence electrons. The molecule has 0 unspecified atom stereocenters. The molecule has 1 amide bonds. The van der Waals surface area contributed by atoms with Gasteiger partial charge in [-0.3, -0.25) is 4.79 Å². The van der Waals surface area contributed by atoms with Crippen molar-refractivity contribution in [2.24, 2.45) is 0 Å². The summed E-state index contributed by atoms with van der Waals surface area (Å²) in [5.74, 6) is -0.725. The number of hydrogen-bond acceptors (Lipinski definition) is 2. The first-order valence-corrected chi connectivity index (χ1v) is 13.4. The van der Waals surface area contributed by atoms with Crippen LogP contribution < -0.4 is 4.68 Å². The van der Waals surface area contributed by atoms with Crippen LogP contribution in [0.15, 0.2) is 158 Å². The minimum Gasteiger partial charge on any atom is -0.366 e. The molecule has 0 saturated carbocycles. The second-order valence-corrected chi connectivity index (χ2v) is 9.57. The van der Waals surface area contributed by atoms with Crippen molar-refractivity contribution in [1.29, 1.82) is 0 Å². The van der Waals surface area contributed by atoms with Gasteiger partial charge >= 0.3 is 0 Å². The Morgan fingerprint density at radius 3 is 1.37 bits per heavy atom. The van der Waals surface area contributed by atoms with Crippen LogP contribution in [-0.2, 0) is 0 Å². The lowest BCUT2D eigenvalue weighted by Gasteiger charge is -2.21. The first kappa shape index (κ1) is 25.7. The number of hydrogen-bond donors (Lipinski definition) is 0. The summed E-state index contributed by atoms with van der Waals surface area (Å²) in [5.41, 5.74) is 11.1. The van der Waals surface area contributed by atoms with E-state index in [1.807, 2.05) is 97.1 Å². The van der Waals surface area contributed by atoms with Crippen molar-refractivity contribution in [1.82, 2.24) is 0 Å². The first-order chi connectivity index (χ1) is 20.2. The van der Waals surface area contributed by atoms with Gasteiger partial charge in [-0.2, -0.15) is 0 Å². The molecule has 6 aromatic rings. The molecule has 4 nitrogen and oxygen atoms in total. The highest BCUT2D eigenvalue weighted by atomic mass is 16.2. The fourth-order valence-corrected chi connectivity index (χ4v) is 4.88. The molecule has 0 N–H and O–H groups in total. The monoisotopic (exact) mass is 530 g/mol. The maximum atomic E-state index is 14.0. The van der Waals surface area contributed by atoms with Crippen LogP contribution in [-0.4, -0.2) is 11.7 Å². The lowest BCUT2D eigenvalue weighted by atomic mass is 9.98. The Balaban J connectivity index is 1.52. The average molecular weight is 531 g/mol. The average Bonchev–Trinajstić information content (AvgIpc) is 3.06. The van der Waals surface area contributed by atoms with E-state index >= 15 is 0 Å². The lowest BCUT2D eigenvalue weighted by Crippen LogP contribution is -2.38. The van der Waals surface area contributed by atoms with Gasteiger partial charge < -0.3 is 10.2 Å². The molecule has 1 aromatic heterocycles. The van der Waals surface area contributed by atoms with Crippen LogP contribution in [0.25, 0.3) is 39.1 Å². The summed E-state index contributed by atoms with van der Waals surface area (Å²) in [6, 6.07) is 49.9. The van der Waals surface area contributed by atoms with Crippen LogP contribution in [0.2, 0.25) is 0 Å². The van der Waals surface area contributed by atoms with Crippen molar-refractivity contribution in [2.45, 2.75) is 0 Å². The highest BCUT2D eigenvalue weighted by molar-refractivity contribution is 6.17. The SMILES string of the molecule is O=C([N-][n+]1c(-c2ccccc2)cc(-c2ccccc2)cc1-c1ccccc1)c1ccccc1C(=O)c1ccccc1. The van der Waals surface area contributed by atoms with E-state index in [1.54, 1.807) is 41.1 Å². The summed E-state index contributed by atoms with van der Waals surface area (Å²) in [4.78, 5) is 27.4. The fraction of sp³-hybridized carbons (Fsp3) is 0. The van der Waals surface area contributed by atoms with E-state index in [-0.39, 0.29) is 11.3 Å². The van der Waals surface area contributed by atoms with E-state index in [2.05, 4.69) is 29.7 Å². The summed E-state index contributed by atoms with van der Waals surface area (Å²) < 4.78 is 1.70. The number of ketones is 1. The zero-order chi connectivity index (χ0) is 28.0. The third-order valence-electron chi connectivity index (χ3n) is 6.92. The van der Waals surface area contributed by atoms with Crippen LogP contribution in [0, 0.1) is 0 Å². The number of carbonyl (C=O) groups excluding carboxylic acids is 2. The number of benzene rings is 5. The molecule has 0 spiro atoms. The summed E-state index contributed by atoms with van der Waals surface area (Å²) in [7, 11) is 0. The lowest BCUT2D eigenvalue weighted by molar-refractivity contribution is -0.594. The Kier molecular flexibility index (Phi) is 7.28. The summed E-state index contributed by atoms with van der Waals surface area (Å²) in [6.45, 7) is 0. The van der Waals surface area contributed by atoms with E-state index in [0.29, 0.717) is 11.1 Å². The fourth-order valence-electron chi connectivity index (χ4n) is 4.88. The maximum absolute atomic E-state index is 14.0. The largest absolute Gasteiger partial charge is 0.366 e. The van der Waals surface area contributed by atoms with Crippen LogP contribution in [0.3, 0.4) is 0 Å². The van der Waals surface area contributed by atoms with E-state index in [4.69, 9.17) is 0 Å². The van der Waals surface area contributed by atoms with Gasteiger partial charge in [0.1, 0.15) is 5.91 Å². The van der Waals surface area contributed by atoms with Gasteiger partial charge in [0, 0.05) is 39.9 Å². The normalized spacial score (nSPS) is 10.6. The van der Waals surface area contributed by atoms with Gasteiger partial charge in [-0.05, 0) is 35.4 Å². The third-order valence-corrected chi connectivity index (χ3v) is 6.92. The van der Waals surface area contributed by atoms with Crippen molar-refractivity contribution in [3.8, 4) is 33.6 Å². The van der Waals surface area contributed by atoms with Crippen molar-refractivity contribution in [2.75, 3.05) is 0 Å². The van der Waals surface area contributed by atoms with Gasteiger partial charge in [0.15, 0.2) is 5.78 Å². The molecule has 6 rings (SSSR count). The van der Waals surface area contributed by atoms with E-state index in [1.165, 1.54) is 0 Å². The topological polar surface area (TPSA) is 52.1 Å². The molecule has 0 fully saturated rings.